The first-order valence-electron chi connectivity index (χ1n) is 4.18. The van der Waals surface area contributed by atoms with Gasteiger partial charge < -0.3 is 0 Å². The van der Waals surface area contributed by atoms with Crippen LogP contribution in [-0.2, 0) is 0 Å². The average molecular weight is 185 g/mol. The maximum atomic E-state index is 10.5. The molecule has 0 aliphatic rings. The van der Waals surface area contributed by atoms with Gasteiger partial charge in [0.1, 0.15) is 5.69 Å². The van der Waals surface area contributed by atoms with E-state index in [1.807, 2.05) is 12.1 Å². The van der Waals surface area contributed by atoms with E-state index >= 15 is 0 Å². The van der Waals surface area contributed by atoms with Crippen LogP contribution in [-0.4, -0.2) is 11.3 Å². The number of rotatable bonds is 4. The minimum absolute atomic E-state index is 0.416. The molecular weight excluding hydrogens is 174 g/mol. The lowest BCUT2D eigenvalue weighted by Crippen LogP contribution is -1.88. The molecular formula is C12H11NO. The van der Waals surface area contributed by atoms with E-state index in [4.69, 9.17) is 0 Å². The van der Waals surface area contributed by atoms with Crippen molar-refractivity contribution in [2.24, 2.45) is 0 Å². The van der Waals surface area contributed by atoms with Gasteiger partial charge in [0.05, 0.1) is 0 Å². The summed E-state index contributed by atoms with van der Waals surface area (Å²) in [6.45, 7) is 7.29. The number of allylic oxidation sites excluding steroid dienone is 4. The van der Waals surface area contributed by atoms with E-state index < -0.39 is 0 Å². The molecule has 14 heavy (non-hydrogen) atoms. The Morgan fingerprint density at radius 3 is 2.79 bits per heavy atom. The SMILES string of the molecule is C=C/C=C(\C=C)c1ccnc(C=O)c1. The van der Waals surface area contributed by atoms with Gasteiger partial charge in [0, 0.05) is 6.20 Å². The van der Waals surface area contributed by atoms with Crippen LogP contribution in [0.1, 0.15) is 16.1 Å². The molecule has 0 amide bonds. The number of aldehydes is 1. The Labute approximate surface area is 83.3 Å². The van der Waals surface area contributed by atoms with Gasteiger partial charge in [0.25, 0.3) is 0 Å². The van der Waals surface area contributed by atoms with Crippen LogP contribution in [0.4, 0.5) is 0 Å². The van der Waals surface area contributed by atoms with E-state index in [2.05, 4.69) is 18.1 Å². The Morgan fingerprint density at radius 2 is 2.21 bits per heavy atom. The van der Waals surface area contributed by atoms with E-state index in [-0.39, 0.29) is 0 Å². The second-order valence-electron chi connectivity index (χ2n) is 2.65. The number of carbonyl (C=O) groups is 1. The van der Waals surface area contributed by atoms with Crippen LogP contribution < -0.4 is 0 Å². The summed E-state index contributed by atoms with van der Waals surface area (Å²) in [5.41, 5.74) is 2.25. The zero-order valence-electron chi connectivity index (χ0n) is 7.81. The molecule has 0 saturated heterocycles. The molecule has 0 aromatic carbocycles. The van der Waals surface area contributed by atoms with Crippen LogP contribution in [0.2, 0.25) is 0 Å². The molecule has 1 heterocycles. The van der Waals surface area contributed by atoms with Gasteiger partial charge in [0.2, 0.25) is 0 Å². The van der Waals surface area contributed by atoms with Gasteiger partial charge in [-0.05, 0) is 23.3 Å². The molecule has 0 bridgehead atoms. The van der Waals surface area contributed by atoms with E-state index in [0.29, 0.717) is 5.69 Å². The van der Waals surface area contributed by atoms with Crippen molar-refractivity contribution in [1.29, 1.82) is 0 Å². The monoisotopic (exact) mass is 185 g/mol. The third-order valence-corrected chi connectivity index (χ3v) is 1.75. The Kier molecular flexibility index (Phi) is 3.56. The lowest BCUT2D eigenvalue weighted by atomic mass is 10.1. The smallest absolute Gasteiger partial charge is 0.168 e. The number of pyridine rings is 1. The summed E-state index contributed by atoms with van der Waals surface area (Å²) in [5.74, 6) is 0. The average Bonchev–Trinajstić information content (AvgIpc) is 2.26. The fraction of sp³-hybridized carbons (Fsp3) is 0. The minimum Gasteiger partial charge on any atom is -0.296 e. The van der Waals surface area contributed by atoms with Crippen LogP contribution in [0.25, 0.3) is 5.57 Å². The predicted octanol–water partition coefficient (Wildman–Crippen LogP) is 2.65. The molecule has 0 aliphatic carbocycles. The lowest BCUT2D eigenvalue weighted by molar-refractivity contribution is 0.111. The highest BCUT2D eigenvalue weighted by atomic mass is 16.1. The largest absolute Gasteiger partial charge is 0.296 e. The van der Waals surface area contributed by atoms with Gasteiger partial charge in [-0.1, -0.05) is 31.4 Å². The molecule has 1 rings (SSSR count). The molecule has 2 heteroatoms. The Hall–Kier alpha value is -1.96. The summed E-state index contributed by atoms with van der Waals surface area (Å²) in [7, 11) is 0. The molecule has 0 unspecified atom stereocenters. The van der Waals surface area contributed by atoms with Crippen molar-refractivity contribution in [3.05, 3.63) is 61.0 Å². The topological polar surface area (TPSA) is 30.0 Å². The number of carbonyl (C=O) groups excluding carboxylic acids is 1. The van der Waals surface area contributed by atoms with Crippen molar-refractivity contribution in [3.63, 3.8) is 0 Å². The van der Waals surface area contributed by atoms with Crippen molar-refractivity contribution in [2.75, 3.05) is 0 Å². The lowest BCUT2D eigenvalue weighted by Gasteiger charge is -2.00. The van der Waals surface area contributed by atoms with Crippen LogP contribution >= 0.6 is 0 Å². The van der Waals surface area contributed by atoms with Crippen molar-refractivity contribution in [1.82, 2.24) is 4.98 Å². The Bertz CT molecular complexity index is 391. The molecule has 1 aromatic rings. The highest BCUT2D eigenvalue weighted by Gasteiger charge is 1.98. The summed E-state index contributed by atoms with van der Waals surface area (Å²) >= 11 is 0. The highest BCUT2D eigenvalue weighted by Crippen LogP contribution is 2.15. The van der Waals surface area contributed by atoms with Gasteiger partial charge in [-0.15, -0.1) is 0 Å². The summed E-state index contributed by atoms with van der Waals surface area (Å²) < 4.78 is 0. The molecule has 70 valence electrons. The molecule has 0 spiro atoms. The van der Waals surface area contributed by atoms with E-state index in [0.717, 1.165) is 17.4 Å². The predicted molar refractivity (Wildman–Crippen MR) is 58.0 cm³/mol. The number of hydrogen-bond donors (Lipinski definition) is 0. The maximum Gasteiger partial charge on any atom is 0.168 e. The molecule has 0 saturated carbocycles. The first-order valence-corrected chi connectivity index (χ1v) is 4.18. The van der Waals surface area contributed by atoms with Gasteiger partial charge in [-0.3, -0.25) is 9.78 Å². The number of hydrogen-bond acceptors (Lipinski definition) is 2. The van der Waals surface area contributed by atoms with Crippen LogP contribution in [0.3, 0.4) is 0 Å². The number of nitrogens with zero attached hydrogens (tertiary/aromatic N) is 1. The van der Waals surface area contributed by atoms with Gasteiger partial charge >= 0.3 is 0 Å². The van der Waals surface area contributed by atoms with Crippen LogP contribution in [0, 0.1) is 0 Å². The molecule has 0 N–H and O–H groups in total. The third-order valence-electron chi connectivity index (χ3n) is 1.75. The molecule has 0 aliphatic heterocycles. The van der Waals surface area contributed by atoms with Crippen molar-refractivity contribution in [3.8, 4) is 0 Å². The maximum absolute atomic E-state index is 10.5. The Morgan fingerprint density at radius 1 is 1.43 bits per heavy atom. The van der Waals surface area contributed by atoms with Crippen molar-refractivity contribution >= 4 is 11.9 Å². The van der Waals surface area contributed by atoms with E-state index in [1.54, 1.807) is 24.4 Å². The minimum atomic E-state index is 0.416. The van der Waals surface area contributed by atoms with Gasteiger partial charge in [-0.25, -0.2) is 0 Å². The second kappa shape index (κ2) is 4.92. The van der Waals surface area contributed by atoms with E-state index in [9.17, 15) is 4.79 Å². The molecule has 0 radical (unpaired) electrons. The molecule has 0 fully saturated rings. The third kappa shape index (κ3) is 2.26. The second-order valence-corrected chi connectivity index (χ2v) is 2.65. The van der Waals surface area contributed by atoms with Crippen molar-refractivity contribution < 1.29 is 4.79 Å². The standard InChI is InChI=1S/C12H11NO/c1-3-5-10(4-2)11-6-7-13-12(8-11)9-14/h3-9H,1-2H2/b10-5+. The fourth-order valence-electron chi connectivity index (χ4n) is 1.10. The quantitative estimate of drug-likeness (QED) is 0.533. The van der Waals surface area contributed by atoms with Gasteiger partial charge in [0.15, 0.2) is 6.29 Å². The summed E-state index contributed by atoms with van der Waals surface area (Å²) in [5, 5.41) is 0. The van der Waals surface area contributed by atoms with Gasteiger partial charge in [-0.2, -0.15) is 0 Å². The highest BCUT2D eigenvalue weighted by molar-refractivity contribution is 5.79. The zero-order chi connectivity index (χ0) is 10.4. The molecule has 1 aromatic heterocycles. The summed E-state index contributed by atoms with van der Waals surface area (Å²) in [6.07, 6.45) is 7.54. The van der Waals surface area contributed by atoms with E-state index in [1.165, 1.54) is 0 Å². The first kappa shape index (κ1) is 10.1. The zero-order valence-corrected chi connectivity index (χ0v) is 7.81. The molecule has 0 atom stereocenters. The normalized spacial score (nSPS) is 10.7. The number of aromatic nitrogens is 1. The van der Waals surface area contributed by atoms with Crippen molar-refractivity contribution in [2.45, 2.75) is 0 Å². The molecule has 2 nitrogen and oxygen atoms in total. The first-order chi connectivity index (χ1) is 6.81. The summed E-state index contributed by atoms with van der Waals surface area (Å²) in [4.78, 5) is 14.4. The van der Waals surface area contributed by atoms with Crippen LogP contribution in [0.15, 0.2) is 49.7 Å². The Balaban J connectivity index is 3.16. The van der Waals surface area contributed by atoms with Crippen LogP contribution in [0.5, 0.6) is 0 Å². The fourth-order valence-corrected chi connectivity index (χ4v) is 1.10. The summed E-state index contributed by atoms with van der Waals surface area (Å²) in [6, 6.07) is 3.54.